The fraction of sp³-hybridized carbons (Fsp3) is 0.148. The number of phenolic OH excluding ortho intramolecular Hbond substituents is 1. The van der Waals surface area contributed by atoms with Crippen LogP contribution in [0.1, 0.15) is 17.3 Å². The van der Waals surface area contributed by atoms with Crippen molar-refractivity contribution in [2.75, 3.05) is 7.11 Å². The van der Waals surface area contributed by atoms with E-state index in [4.69, 9.17) is 9.72 Å². The zero-order valence-electron chi connectivity index (χ0n) is 19.3. The molecule has 170 valence electrons. The standard InChI is InChI=1S/C27H25N5O2/c1-31-18-17-29-25(31)27(34-3,22-15-9-10-16-28-22)26-30-23(20-13-7-8-14-21(20)33)24(32(26)2)19-11-5-4-6-12-19/h4-18,33H,1-3H3/t27-/m0/s1. The van der Waals surface area contributed by atoms with Crippen molar-refractivity contribution < 1.29 is 9.84 Å². The number of hydrogen-bond acceptors (Lipinski definition) is 5. The lowest BCUT2D eigenvalue weighted by Crippen LogP contribution is -2.38. The first-order valence-corrected chi connectivity index (χ1v) is 10.9. The van der Waals surface area contributed by atoms with E-state index in [1.54, 1.807) is 31.6 Å². The van der Waals surface area contributed by atoms with Gasteiger partial charge in [0.2, 0.25) is 5.60 Å². The number of aromatic hydroxyl groups is 1. The molecule has 0 aliphatic heterocycles. The Bertz CT molecular complexity index is 1430. The van der Waals surface area contributed by atoms with E-state index in [2.05, 4.69) is 9.97 Å². The Morgan fingerprint density at radius 2 is 1.56 bits per heavy atom. The molecule has 3 aromatic heterocycles. The van der Waals surface area contributed by atoms with Gasteiger partial charge in [0.05, 0.1) is 11.4 Å². The smallest absolute Gasteiger partial charge is 0.225 e. The number of ether oxygens (including phenoxy) is 1. The van der Waals surface area contributed by atoms with E-state index in [-0.39, 0.29) is 5.75 Å². The Morgan fingerprint density at radius 1 is 0.824 bits per heavy atom. The summed E-state index contributed by atoms with van der Waals surface area (Å²) in [5, 5.41) is 10.7. The first-order chi connectivity index (χ1) is 16.6. The molecule has 0 aliphatic carbocycles. The molecule has 0 amide bonds. The molecule has 7 nitrogen and oxygen atoms in total. The molecule has 0 radical (unpaired) electrons. The predicted octanol–water partition coefficient (Wildman–Crippen LogP) is 4.53. The van der Waals surface area contributed by atoms with Crippen molar-refractivity contribution in [3.63, 3.8) is 0 Å². The average Bonchev–Trinajstić information content (AvgIpc) is 3.45. The van der Waals surface area contributed by atoms with Crippen LogP contribution in [0.5, 0.6) is 5.75 Å². The van der Waals surface area contributed by atoms with Crippen molar-refractivity contribution >= 4 is 0 Å². The van der Waals surface area contributed by atoms with Gasteiger partial charge in [0.1, 0.15) is 11.4 Å². The summed E-state index contributed by atoms with van der Waals surface area (Å²) in [6.07, 6.45) is 5.34. The predicted molar refractivity (Wildman–Crippen MR) is 130 cm³/mol. The minimum atomic E-state index is -1.19. The third kappa shape index (κ3) is 3.29. The van der Waals surface area contributed by atoms with Crippen molar-refractivity contribution in [3.8, 4) is 28.3 Å². The van der Waals surface area contributed by atoms with Gasteiger partial charge in [-0.1, -0.05) is 48.5 Å². The molecule has 5 rings (SSSR count). The molecule has 0 bridgehead atoms. The van der Waals surface area contributed by atoms with Gasteiger partial charge in [0.25, 0.3) is 0 Å². The van der Waals surface area contributed by atoms with Crippen molar-refractivity contribution in [1.29, 1.82) is 0 Å². The fourth-order valence-corrected chi connectivity index (χ4v) is 4.49. The number of benzene rings is 2. The summed E-state index contributed by atoms with van der Waals surface area (Å²) in [5.41, 5.74) is 2.56. The summed E-state index contributed by atoms with van der Waals surface area (Å²) >= 11 is 0. The number of nitrogens with zero attached hydrogens (tertiary/aromatic N) is 5. The van der Waals surface area contributed by atoms with Gasteiger partial charge in [-0.3, -0.25) is 4.98 Å². The number of methoxy groups -OCH3 is 1. The topological polar surface area (TPSA) is 78.0 Å². The third-order valence-electron chi connectivity index (χ3n) is 6.08. The van der Waals surface area contributed by atoms with Crippen LogP contribution < -0.4 is 0 Å². The minimum Gasteiger partial charge on any atom is -0.507 e. The SMILES string of the molecule is CO[C@@](c1ccccn1)(c1nccn1C)c1nc(-c2ccccc2O)c(-c2ccccc2)n1C. The number of aromatic nitrogens is 5. The minimum absolute atomic E-state index is 0.155. The molecule has 0 unspecified atom stereocenters. The molecule has 5 aromatic rings. The summed E-state index contributed by atoms with van der Waals surface area (Å²) in [6, 6.07) is 22.9. The van der Waals surface area contributed by atoms with E-state index in [1.165, 1.54) is 0 Å². The fourth-order valence-electron chi connectivity index (χ4n) is 4.49. The first-order valence-electron chi connectivity index (χ1n) is 10.9. The largest absolute Gasteiger partial charge is 0.507 e. The Morgan fingerprint density at radius 3 is 2.21 bits per heavy atom. The maximum absolute atomic E-state index is 10.7. The molecule has 7 heteroatoms. The highest BCUT2D eigenvalue weighted by atomic mass is 16.5. The number of aryl methyl sites for hydroxylation is 1. The lowest BCUT2D eigenvalue weighted by molar-refractivity contribution is 0.0352. The molecule has 1 atom stereocenters. The van der Waals surface area contributed by atoms with Gasteiger partial charge < -0.3 is 19.0 Å². The third-order valence-corrected chi connectivity index (χ3v) is 6.08. The van der Waals surface area contributed by atoms with Crippen LogP contribution in [-0.2, 0) is 24.4 Å². The zero-order chi connectivity index (χ0) is 23.7. The van der Waals surface area contributed by atoms with E-state index in [0.717, 1.165) is 11.3 Å². The molecule has 0 saturated carbocycles. The number of rotatable bonds is 6. The lowest BCUT2D eigenvalue weighted by atomic mass is 9.95. The highest BCUT2D eigenvalue weighted by Gasteiger charge is 2.46. The number of hydrogen-bond donors (Lipinski definition) is 1. The van der Waals surface area contributed by atoms with Crippen LogP contribution in [0.2, 0.25) is 0 Å². The molecule has 0 aliphatic rings. The van der Waals surface area contributed by atoms with Gasteiger partial charge >= 0.3 is 0 Å². The van der Waals surface area contributed by atoms with Gasteiger partial charge in [0, 0.05) is 50.9 Å². The molecule has 3 heterocycles. The molecule has 0 fully saturated rings. The second-order valence-corrected chi connectivity index (χ2v) is 8.04. The summed E-state index contributed by atoms with van der Waals surface area (Å²) in [7, 11) is 5.51. The van der Waals surface area contributed by atoms with Gasteiger partial charge in [0.15, 0.2) is 11.6 Å². The normalized spacial score (nSPS) is 13.0. The Labute approximate surface area is 198 Å². The van der Waals surface area contributed by atoms with E-state index in [9.17, 15) is 5.11 Å². The highest BCUT2D eigenvalue weighted by molar-refractivity contribution is 5.82. The molecule has 0 saturated heterocycles. The van der Waals surface area contributed by atoms with Crippen molar-refractivity contribution in [1.82, 2.24) is 24.1 Å². The van der Waals surface area contributed by atoms with Crippen molar-refractivity contribution in [2.24, 2.45) is 14.1 Å². The number of para-hydroxylation sites is 1. The van der Waals surface area contributed by atoms with Crippen LogP contribution in [-0.4, -0.2) is 36.3 Å². The Balaban J connectivity index is 1.89. The number of pyridine rings is 1. The molecule has 0 spiro atoms. The van der Waals surface area contributed by atoms with Crippen LogP contribution in [0, 0.1) is 0 Å². The van der Waals surface area contributed by atoms with Gasteiger partial charge in [-0.15, -0.1) is 0 Å². The van der Waals surface area contributed by atoms with E-state index >= 15 is 0 Å². The van der Waals surface area contributed by atoms with Crippen LogP contribution >= 0.6 is 0 Å². The Hall–Kier alpha value is -4.23. The van der Waals surface area contributed by atoms with E-state index in [1.807, 2.05) is 90.1 Å². The van der Waals surface area contributed by atoms with Crippen molar-refractivity contribution in [2.45, 2.75) is 5.60 Å². The number of phenols is 1. The molecule has 34 heavy (non-hydrogen) atoms. The second kappa shape index (κ2) is 8.61. The van der Waals surface area contributed by atoms with Crippen molar-refractivity contribution in [3.05, 3.63) is 109 Å². The summed E-state index contributed by atoms with van der Waals surface area (Å²) in [6.45, 7) is 0. The van der Waals surface area contributed by atoms with Gasteiger partial charge in [-0.2, -0.15) is 0 Å². The quantitative estimate of drug-likeness (QED) is 0.411. The average molecular weight is 452 g/mol. The van der Waals surface area contributed by atoms with E-state index in [0.29, 0.717) is 28.6 Å². The summed E-state index contributed by atoms with van der Waals surface area (Å²) in [4.78, 5) is 14.4. The van der Waals surface area contributed by atoms with Gasteiger partial charge in [-0.25, -0.2) is 9.97 Å². The molecule has 1 N–H and O–H groups in total. The maximum atomic E-state index is 10.7. The summed E-state index contributed by atoms with van der Waals surface area (Å²) in [5.74, 6) is 1.40. The molecule has 2 aromatic carbocycles. The molecular weight excluding hydrogens is 426 g/mol. The Kier molecular flexibility index (Phi) is 5.47. The first kappa shape index (κ1) is 21.6. The lowest BCUT2D eigenvalue weighted by Gasteiger charge is -2.31. The van der Waals surface area contributed by atoms with E-state index < -0.39 is 5.60 Å². The summed E-state index contributed by atoms with van der Waals surface area (Å²) < 4.78 is 10.2. The number of imidazole rings is 2. The van der Waals surface area contributed by atoms with Crippen LogP contribution in [0.4, 0.5) is 0 Å². The van der Waals surface area contributed by atoms with Crippen LogP contribution in [0.25, 0.3) is 22.5 Å². The van der Waals surface area contributed by atoms with Crippen LogP contribution in [0.3, 0.4) is 0 Å². The van der Waals surface area contributed by atoms with Gasteiger partial charge in [-0.05, 0) is 24.3 Å². The highest BCUT2D eigenvalue weighted by Crippen LogP contribution is 2.43. The van der Waals surface area contributed by atoms with Crippen LogP contribution in [0.15, 0.2) is 91.4 Å². The molecular formula is C27H25N5O2. The second-order valence-electron chi connectivity index (χ2n) is 8.04. The monoisotopic (exact) mass is 451 g/mol. The zero-order valence-corrected chi connectivity index (χ0v) is 19.3. The maximum Gasteiger partial charge on any atom is 0.225 e.